The Morgan fingerprint density at radius 1 is 1.75 bits per heavy atom. The summed E-state index contributed by atoms with van der Waals surface area (Å²) in [6.45, 7) is 4.14. The van der Waals surface area contributed by atoms with Crippen LogP contribution in [0.25, 0.3) is 0 Å². The first-order valence-corrected chi connectivity index (χ1v) is 3.67. The molecule has 46 valence electrons. The third-order valence-corrected chi connectivity index (χ3v) is 2.37. The lowest BCUT2D eigenvalue weighted by Crippen LogP contribution is -2.05. The highest BCUT2D eigenvalue weighted by molar-refractivity contribution is 9.09. The van der Waals surface area contributed by atoms with Crippen LogP contribution in [-0.4, -0.2) is 4.83 Å². The molecule has 0 aliphatic rings. The molecule has 0 N–H and O–H groups in total. The van der Waals surface area contributed by atoms with Crippen LogP contribution >= 0.6 is 15.9 Å². The van der Waals surface area contributed by atoms with Crippen molar-refractivity contribution in [1.29, 1.82) is 5.26 Å². The van der Waals surface area contributed by atoms with Crippen molar-refractivity contribution < 1.29 is 0 Å². The lowest BCUT2D eigenvalue weighted by atomic mass is 10.1. The van der Waals surface area contributed by atoms with E-state index in [1.54, 1.807) is 0 Å². The van der Waals surface area contributed by atoms with E-state index in [2.05, 4.69) is 35.8 Å². The number of hydrogen-bond donors (Lipinski definition) is 0. The molecule has 0 aromatic heterocycles. The minimum atomic E-state index is 0.0347. The van der Waals surface area contributed by atoms with Crippen molar-refractivity contribution in [3.05, 3.63) is 0 Å². The number of nitriles is 1. The van der Waals surface area contributed by atoms with Crippen LogP contribution in [0.4, 0.5) is 0 Å². The summed E-state index contributed by atoms with van der Waals surface area (Å²) >= 11 is 3.24. The molecule has 0 unspecified atom stereocenters. The Morgan fingerprint density at radius 3 is 2.38 bits per heavy atom. The molecule has 0 aromatic carbocycles. The summed E-state index contributed by atoms with van der Waals surface area (Å²) in [5.41, 5.74) is 0. The Labute approximate surface area is 58.8 Å². The van der Waals surface area contributed by atoms with Gasteiger partial charge in [-0.25, -0.2) is 0 Å². The zero-order valence-electron chi connectivity index (χ0n) is 5.19. The normalized spacial score (nSPS) is 16.8. The minimum absolute atomic E-state index is 0.0347. The second-order valence-corrected chi connectivity index (χ2v) is 2.90. The summed E-state index contributed by atoms with van der Waals surface area (Å²) in [4.78, 5) is 0.0347. The van der Waals surface area contributed by atoms with E-state index in [0.717, 1.165) is 6.42 Å². The maximum Gasteiger partial charge on any atom is 0.104 e. The molecule has 0 radical (unpaired) electrons. The van der Waals surface area contributed by atoms with Gasteiger partial charge in [-0.1, -0.05) is 36.2 Å². The van der Waals surface area contributed by atoms with Gasteiger partial charge < -0.3 is 0 Å². The molecule has 0 saturated heterocycles. The molecule has 0 fully saturated rings. The molecule has 0 aliphatic heterocycles. The molecule has 0 aliphatic carbocycles. The van der Waals surface area contributed by atoms with Crippen molar-refractivity contribution in [1.82, 2.24) is 0 Å². The summed E-state index contributed by atoms with van der Waals surface area (Å²) < 4.78 is 0. The lowest BCUT2D eigenvalue weighted by molar-refractivity contribution is 0.595. The fourth-order valence-corrected chi connectivity index (χ4v) is 0.708. The van der Waals surface area contributed by atoms with E-state index < -0.39 is 0 Å². The van der Waals surface area contributed by atoms with Gasteiger partial charge in [0.1, 0.15) is 4.83 Å². The molecule has 0 rings (SSSR count). The van der Waals surface area contributed by atoms with E-state index in [0.29, 0.717) is 5.92 Å². The van der Waals surface area contributed by atoms with Gasteiger partial charge in [0, 0.05) is 0 Å². The molecule has 0 spiro atoms. The van der Waals surface area contributed by atoms with Crippen molar-refractivity contribution in [2.24, 2.45) is 5.92 Å². The van der Waals surface area contributed by atoms with E-state index in [1.165, 1.54) is 0 Å². The highest BCUT2D eigenvalue weighted by atomic mass is 79.9. The van der Waals surface area contributed by atoms with Gasteiger partial charge in [0.05, 0.1) is 6.07 Å². The Bertz CT molecular complexity index is 95.2. The van der Waals surface area contributed by atoms with Crippen molar-refractivity contribution in [3.63, 3.8) is 0 Å². The third kappa shape index (κ3) is 2.32. The van der Waals surface area contributed by atoms with Crippen molar-refractivity contribution in [3.8, 4) is 6.07 Å². The van der Waals surface area contributed by atoms with Gasteiger partial charge >= 0.3 is 0 Å². The van der Waals surface area contributed by atoms with Gasteiger partial charge in [0.2, 0.25) is 0 Å². The van der Waals surface area contributed by atoms with Gasteiger partial charge in [0.15, 0.2) is 0 Å². The van der Waals surface area contributed by atoms with Crippen molar-refractivity contribution in [2.45, 2.75) is 25.1 Å². The van der Waals surface area contributed by atoms with Gasteiger partial charge in [-0.2, -0.15) is 5.26 Å². The minimum Gasteiger partial charge on any atom is -0.197 e. The average Bonchev–Trinajstić information content (AvgIpc) is 1.84. The quantitative estimate of drug-likeness (QED) is 0.592. The van der Waals surface area contributed by atoms with Crippen LogP contribution in [0, 0.1) is 17.2 Å². The Morgan fingerprint density at radius 2 is 2.25 bits per heavy atom. The zero-order chi connectivity index (χ0) is 6.57. The molecule has 0 heterocycles. The van der Waals surface area contributed by atoms with Crippen molar-refractivity contribution >= 4 is 15.9 Å². The highest BCUT2D eigenvalue weighted by Crippen LogP contribution is 2.13. The lowest BCUT2D eigenvalue weighted by Gasteiger charge is -2.06. The number of rotatable bonds is 2. The largest absolute Gasteiger partial charge is 0.197 e. The fraction of sp³-hybridized carbons (Fsp3) is 0.833. The second kappa shape index (κ2) is 3.91. The third-order valence-electron chi connectivity index (χ3n) is 1.27. The molecule has 0 amide bonds. The van der Waals surface area contributed by atoms with E-state index in [1.807, 2.05) is 0 Å². The zero-order valence-corrected chi connectivity index (χ0v) is 6.77. The van der Waals surface area contributed by atoms with Crippen molar-refractivity contribution in [2.75, 3.05) is 0 Å². The Hall–Kier alpha value is -0.0300. The smallest absolute Gasteiger partial charge is 0.104 e. The van der Waals surface area contributed by atoms with E-state index >= 15 is 0 Å². The first-order valence-electron chi connectivity index (χ1n) is 2.76. The number of hydrogen-bond acceptors (Lipinski definition) is 1. The summed E-state index contributed by atoms with van der Waals surface area (Å²) in [5.74, 6) is 0.472. The van der Waals surface area contributed by atoms with Crippen LogP contribution in [0.2, 0.25) is 0 Å². The Balaban J connectivity index is 3.49. The fourth-order valence-electron chi connectivity index (χ4n) is 0.334. The second-order valence-electron chi connectivity index (χ2n) is 1.92. The molecular weight excluding hydrogens is 166 g/mol. The maximum absolute atomic E-state index is 8.34. The molecule has 0 saturated carbocycles. The van der Waals surface area contributed by atoms with E-state index in [4.69, 9.17) is 5.26 Å². The summed E-state index contributed by atoms with van der Waals surface area (Å²) in [6, 6.07) is 2.13. The SMILES string of the molecule is CC[C@H](C)[C@H](Br)C#N. The number of halogens is 1. The molecular formula is C6H10BrN. The van der Waals surface area contributed by atoms with Crippen LogP contribution in [-0.2, 0) is 0 Å². The van der Waals surface area contributed by atoms with E-state index in [-0.39, 0.29) is 4.83 Å². The maximum atomic E-state index is 8.34. The van der Waals surface area contributed by atoms with Crippen LogP contribution in [0.3, 0.4) is 0 Å². The van der Waals surface area contributed by atoms with Crippen LogP contribution in [0.15, 0.2) is 0 Å². The van der Waals surface area contributed by atoms with Crippen LogP contribution in [0.5, 0.6) is 0 Å². The van der Waals surface area contributed by atoms with Gasteiger partial charge in [-0.15, -0.1) is 0 Å². The predicted octanol–water partition coefficient (Wildman–Crippen LogP) is 2.32. The highest BCUT2D eigenvalue weighted by Gasteiger charge is 2.08. The summed E-state index contributed by atoms with van der Waals surface area (Å²) in [7, 11) is 0. The number of alkyl halides is 1. The van der Waals surface area contributed by atoms with Gasteiger partial charge in [-0.05, 0) is 5.92 Å². The Kier molecular flexibility index (Phi) is 3.90. The predicted molar refractivity (Wildman–Crippen MR) is 37.8 cm³/mol. The average molecular weight is 176 g/mol. The van der Waals surface area contributed by atoms with Gasteiger partial charge in [-0.3, -0.25) is 0 Å². The van der Waals surface area contributed by atoms with Crippen LogP contribution in [0.1, 0.15) is 20.3 Å². The standard InChI is InChI=1S/C6H10BrN/c1-3-5(2)6(7)4-8/h5-6H,3H2,1-2H3/t5-,6+/m0/s1. The number of nitrogens with zero attached hydrogens (tertiary/aromatic N) is 1. The topological polar surface area (TPSA) is 23.8 Å². The van der Waals surface area contributed by atoms with E-state index in [9.17, 15) is 0 Å². The molecule has 2 atom stereocenters. The van der Waals surface area contributed by atoms with Gasteiger partial charge in [0.25, 0.3) is 0 Å². The van der Waals surface area contributed by atoms with Crippen LogP contribution < -0.4 is 0 Å². The summed E-state index contributed by atoms with van der Waals surface area (Å²) in [5, 5.41) is 8.34. The first-order chi connectivity index (χ1) is 3.72. The summed E-state index contributed by atoms with van der Waals surface area (Å²) in [6.07, 6.45) is 1.06. The first kappa shape index (κ1) is 7.97. The molecule has 0 aromatic rings. The molecule has 1 nitrogen and oxygen atoms in total. The molecule has 2 heteroatoms. The molecule has 0 bridgehead atoms. The monoisotopic (exact) mass is 175 g/mol. The molecule has 8 heavy (non-hydrogen) atoms.